The molecule has 4 heteroatoms. The van der Waals surface area contributed by atoms with Crippen LogP contribution in [-0.4, -0.2) is 29.7 Å². The molecule has 0 aromatic heterocycles. The number of hydrazone groups is 1. The summed E-state index contributed by atoms with van der Waals surface area (Å²) in [6.45, 7) is 5.05. The van der Waals surface area contributed by atoms with Gasteiger partial charge >= 0.3 is 0 Å². The summed E-state index contributed by atoms with van der Waals surface area (Å²) in [4.78, 5) is 11.6. The van der Waals surface area contributed by atoms with Crippen molar-refractivity contribution in [2.75, 3.05) is 13.1 Å². The molecule has 4 nitrogen and oxygen atoms in total. The van der Waals surface area contributed by atoms with Gasteiger partial charge in [0.2, 0.25) is 0 Å². The fourth-order valence-electron chi connectivity index (χ4n) is 1.41. The minimum Gasteiger partial charge on any atom is -0.329 e. The van der Waals surface area contributed by atoms with E-state index in [1.807, 2.05) is 6.92 Å². The Hall–Kier alpha value is -0.900. The van der Waals surface area contributed by atoms with Gasteiger partial charge in [0.25, 0.3) is 5.91 Å². The van der Waals surface area contributed by atoms with Gasteiger partial charge in [-0.15, -0.1) is 0 Å². The number of carbonyl (C=O) groups excluding carboxylic acids is 1. The van der Waals surface area contributed by atoms with E-state index in [9.17, 15) is 4.79 Å². The first kappa shape index (κ1) is 10.2. The van der Waals surface area contributed by atoms with Gasteiger partial charge in [0.15, 0.2) is 0 Å². The predicted molar refractivity (Wildman–Crippen MR) is 52.3 cm³/mol. The van der Waals surface area contributed by atoms with Gasteiger partial charge in [0, 0.05) is 18.8 Å². The van der Waals surface area contributed by atoms with Crippen LogP contribution >= 0.6 is 0 Å². The van der Waals surface area contributed by atoms with Crippen LogP contribution in [0, 0.1) is 5.92 Å². The van der Waals surface area contributed by atoms with Crippen LogP contribution < -0.4 is 5.73 Å². The van der Waals surface area contributed by atoms with Crippen molar-refractivity contribution in [3.63, 3.8) is 0 Å². The molecule has 74 valence electrons. The highest BCUT2D eigenvalue weighted by molar-refractivity contribution is 6.07. The molecule has 0 radical (unpaired) electrons. The first-order valence-corrected chi connectivity index (χ1v) is 4.77. The standard InChI is InChI=1S/C9H17N3O/c1-3-4-5-12-9(13)8(6-10)7(2)11-12/h8H,3-6,10H2,1-2H3. The molecule has 0 bridgehead atoms. The van der Waals surface area contributed by atoms with Gasteiger partial charge in [-0.2, -0.15) is 5.10 Å². The van der Waals surface area contributed by atoms with Gasteiger partial charge in [-0.25, -0.2) is 5.01 Å². The molecule has 0 aromatic carbocycles. The molecule has 1 atom stereocenters. The Morgan fingerprint density at radius 3 is 2.77 bits per heavy atom. The third-order valence-electron chi connectivity index (χ3n) is 2.29. The number of unbranched alkanes of at least 4 members (excludes halogenated alkanes) is 1. The van der Waals surface area contributed by atoms with E-state index in [0.717, 1.165) is 25.1 Å². The lowest BCUT2D eigenvalue weighted by molar-refractivity contribution is -0.131. The highest BCUT2D eigenvalue weighted by atomic mass is 16.2. The van der Waals surface area contributed by atoms with E-state index in [2.05, 4.69) is 12.0 Å². The summed E-state index contributed by atoms with van der Waals surface area (Å²) in [5.41, 5.74) is 6.33. The van der Waals surface area contributed by atoms with E-state index < -0.39 is 0 Å². The summed E-state index contributed by atoms with van der Waals surface area (Å²) in [6, 6.07) is 0. The lowest BCUT2D eigenvalue weighted by atomic mass is 10.1. The summed E-state index contributed by atoms with van der Waals surface area (Å²) in [6.07, 6.45) is 2.07. The van der Waals surface area contributed by atoms with Crippen LogP contribution in [0.1, 0.15) is 26.7 Å². The number of hydrogen-bond acceptors (Lipinski definition) is 3. The molecule has 0 saturated heterocycles. The smallest absolute Gasteiger partial charge is 0.252 e. The molecule has 1 aliphatic rings. The van der Waals surface area contributed by atoms with E-state index in [-0.39, 0.29) is 11.8 Å². The van der Waals surface area contributed by atoms with Crippen LogP contribution in [0.2, 0.25) is 0 Å². The van der Waals surface area contributed by atoms with E-state index in [1.165, 1.54) is 0 Å². The molecule has 1 unspecified atom stereocenters. The van der Waals surface area contributed by atoms with Gasteiger partial charge in [0.1, 0.15) is 0 Å². The first-order chi connectivity index (χ1) is 6.20. The van der Waals surface area contributed by atoms with Crippen LogP contribution in [0.4, 0.5) is 0 Å². The van der Waals surface area contributed by atoms with Gasteiger partial charge < -0.3 is 5.73 Å². The predicted octanol–water partition coefficient (Wildman–Crippen LogP) is 0.580. The third-order valence-corrected chi connectivity index (χ3v) is 2.29. The molecular formula is C9H17N3O. The highest BCUT2D eigenvalue weighted by Crippen LogP contribution is 2.14. The number of rotatable bonds is 4. The summed E-state index contributed by atoms with van der Waals surface area (Å²) < 4.78 is 0. The lowest BCUT2D eigenvalue weighted by Gasteiger charge is -2.12. The van der Waals surface area contributed by atoms with Crippen molar-refractivity contribution in [3.8, 4) is 0 Å². The van der Waals surface area contributed by atoms with E-state index in [0.29, 0.717) is 6.54 Å². The molecule has 13 heavy (non-hydrogen) atoms. The maximum absolute atomic E-state index is 11.6. The Morgan fingerprint density at radius 2 is 2.31 bits per heavy atom. The second-order valence-electron chi connectivity index (χ2n) is 3.34. The van der Waals surface area contributed by atoms with E-state index in [1.54, 1.807) is 5.01 Å². The van der Waals surface area contributed by atoms with Crippen molar-refractivity contribution in [1.29, 1.82) is 0 Å². The highest BCUT2D eigenvalue weighted by Gasteiger charge is 2.31. The minimum atomic E-state index is -0.170. The molecular weight excluding hydrogens is 166 g/mol. The molecule has 1 heterocycles. The lowest BCUT2D eigenvalue weighted by Crippen LogP contribution is -2.32. The maximum Gasteiger partial charge on any atom is 0.252 e. The topological polar surface area (TPSA) is 58.7 Å². The largest absolute Gasteiger partial charge is 0.329 e. The zero-order valence-corrected chi connectivity index (χ0v) is 8.29. The molecule has 0 aromatic rings. The van der Waals surface area contributed by atoms with Crippen molar-refractivity contribution in [2.45, 2.75) is 26.7 Å². The van der Waals surface area contributed by atoms with Crippen molar-refractivity contribution in [2.24, 2.45) is 16.8 Å². The van der Waals surface area contributed by atoms with Crippen LogP contribution in [0.25, 0.3) is 0 Å². The normalized spacial score (nSPS) is 22.4. The average Bonchev–Trinajstić information content (AvgIpc) is 2.38. The Kier molecular flexibility index (Phi) is 3.42. The number of nitrogens with two attached hydrogens (primary N) is 1. The van der Waals surface area contributed by atoms with Crippen LogP contribution in [0.3, 0.4) is 0 Å². The monoisotopic (exact) mass is 183 g/mol. The fraction of sp³-hybridized carbons (Fsp3) is 0.778. The molecule has 0 saturated carbocycles. The van der Waals surface area contributed by atoms with Gasteiger partial charge in [-0.3, -0.25) is 4.79 Å². The minimum absolute atomic E-state index is 0.0634. The molecule has 2 N–H and O–H groups in total. The van der Waals surface area contributed by atoms with Crippen molar-refractivity contribution in [1.82, 2.24) is 5.01 Å². The number of nitrogens with zero attached hydrogens (tertiary/aromatic N) is 2. The van der Waals surface area contributed by atoms with Crippen molar-refractivity contribution < 1.29 is 4.79 Å². The number of carbonyl (C=O) groups is 1. The molecule has 0 fully saturated rings. The second-order valence-corrected chi connectivity index (χ2v) is 3.34. The number of hydrogen-bond donors (Lipinski definition) is 1. The zero-order valence-electron chi connectivity index (χ0n) is 8.29. The van der Waals surface area contributed by atoms with Crippen LogP contribution in [-0.2, 0) is 4.79 Å². The Labute approximate surface area is 78.8 Å². The molecule has 0 spiro atoms. The molecule has 1 rings (SSSR count). The zero-order chi connectivity index (χ0) is 9.84. The molecule has 0 aliphatic carbocycles. The average molecular weight is 183 g/mol. The Bertz CT molecular complexity index is 225. The third kappa shape index (κ3) is 2.06. The van der Waals surface area contributed by atoms with Gasteiger partial charge in [0.05, 0.1) is 5.92 Å². The Balaban J connectivity index is 2.56. The van der Waals surface area contributed by atoms with Crippen molar-refractivity contribution >= 4 is 11.6 Å². The van der Waals surface area contributed by atoms with E-state index >= 15 is 0 Å². The molecule has 1 aliphatic heterocycles. The summed E-state index contributed by atoms with van der Waals surface area (Å²) in [5.74, 6) is -0.106. The van der Waals surface area contributed by atoms with Gasteiger partial charge in [-0.05, 0) is 13.3 Å². The summed E-state index contributed by atoms with van der Waals surface area (Å²) >= 11 is 0. The Morgan fingerprint density at radius 1 is 1.62 bits per heavy atom. The van der Waals surface area contributed by atoms with Crippen molar-refractivity contribution in [3.05, 3.63) is 0 Å². The quantitative estimate of drug-likeness (QED) is 0.693. The summed E-state index contributed by atoms with van der Waals surface area (Å²) in [7, 11) is 0. The fourth-order valence-corrected chi connectivity index (χ4v) is 1.41. The van der Waals surface area contributed by atoms with Gasteiger partial charge in [-0.1, -0.05) is 13.3 Å². The number of amides is 1. The van der Waals surface area contributed by atoms with E-state index in [4.69, 9.17) is 5.73 Å². The van der Waals surface area contributed by atoms with Crippen LogP contribution in [0.15, 0.2) is 5.10 Å². The maximum atomic E-state index is 11.6. The summed E-state index contributed by atoms with van der Waals surface area (Å²) in [5, 5.41) is 5.73. The van der Waals surface area contributed by atoms with Crippen LogP contribution in [0.5, 0.6) is 0 Å². The SMILES string of the molecule is CCCCN1N=C(C)C(CN)C1=O. The second kappa shape index (κ2) is 4.37. The first-order valence-electron chi connectivity index (χ1n) is 4.77. The molecule has 1 amide bonds.